The fraction of sp³-hybridized carbons (Fsp3) is 0.571. The van der Waals surface area contributed by atoms with Crippen molar-refractivity contribution in [3.8, 4) is 5.75 Å². The molecule has 0 saturated carbocycles. The Balaban J connectivity index is 1.71. The van der Waals surface area contributed by atoms with Crippen molar-refractivity contribution in [2.45, 2.75) is 12.8 Å². The summed E-state index contributed by atoms with van der Waals surface area (Å²) < 4.78 is 5.69. The summed E-state index contributed by atoms with van der Waals surface area (Å²) in [4.78, 5) is 2.49. The summed E-state index contributed by atoms with van der Waals surface area (Å²) in [6.45, 7) is 5.39. The number of rotatable bonds is 2. The molecule has 1 aromatic rings. The maximum absolute atomic E-state index is 5.69. The van der Waals surface area contributed by atoms with Gasteiger partial charge in [0, 0.05) is 6.54 Å². The molecule has 3 nitrogen and oxygen atoms in total. The molecule has 3 heteroatoms. The van der Waals surface area contributed by atoms with Gasteiger partial charge in [-0.1, -0.05) is 12.1 Å². The summed E-state index contributed by atoms with van der Waals surface area (Å²) >= 11 is 0. The number of para-hydroxylation sites is 2. The van der Waals surface area contributed by atoms with E-state index in [9.17, 15) is 0 Å². The van der Waals surface area contributed by atoms with Crippen molar-refractivity contribution in [1.29, 1.82) is 0 Å². The third-order valence-electron chi connectivity index (χ3n) is 3.76. The summed E-state index contributed by atoms with van der Waals surface area (Å²) in [5.74, 6) is 1.88. The number of hydrogen-bond acceptors (Lipinski definition) is 3. The molecule has 1 fully saturated rings. The van der Waals surface area contributed by atoms with Gasteiger partial charge in [0.05, 0.1) is 12.2 Å². The first-order valence-electron chi connectivity index (χ1n) is 6.61. The molecule has 0 atom stereocenters. The Hall–Kier alpha value is -1.22. The van der Waals surface area contributed by atoms with Crippen LogP contribution in [-0.4, -0.2) is 32.8 Å². The van der Waals surface area contributed by atoms with Crippen molar-refractivity contribution in [2.75, 3.05) is 37.7 Å². The van der Waals surface area contributed by atoms with Crippen LogP contribution in [0.25, 0.3) is 0 Å². The molecule has 17 heavy (non-hydrogen) atoms. The van der Waals surface area contributed by atoms with Crippen molar-refractivity contribution in [1.82, 2.24) is 5.32 Å². The van der Waals surface area contributed by atoms with E-state index in [1.54, 1.807) is 0 Å². The Morgan fingerprint density at radius 1 is 1.24 bits per heavy atom. The lowest BCUT2D eigenvalue weighted by atomic mass is 9.97. The van der Waals surface area contributed by atoms with E-state index in [2.05, 4.69) is 28.4 Å². The number of fused-ring (bicyclic) bond motifs is 1. The topological polar surface area (TPSA) is 24.5 Å². The highest BCUT2D eigenvalue weighted by Crippen LogP contribution is 2.32. The molecule has 0 spiro atoms. The first-order valence-corrected chi connectivity index (χ1v) is 6.61. The Bertz CT molecular complexity index is 374. The van der Waals surface area contributed by atoms with Gasteiger partial charge in [0.15, 0.2) is 0 Å². The summed E-state index contributed by atoms with van der Waals surface area (Å²) in [6, 6.07) is 8.40. The van der Waals surface area contributed by atoms with Crippen molar-refractivity contribution in [3.05, 3.63) is 24.3 Å². The van der Waals surface area contributed by atoms with E-state index in [1.165, 1.54) is 38.2 Å². The molecule has 1 saturated heterocycles. The molecule has 92 valence electrons. The van der Waals surface area contributed by atoms with E-state index in [0.717, 1.165) is 24.8 Å². The Labute approximate surface area is 103 Å². The predicted molar refractivity (Wildman–Crippen MR) is 69.7 cm³/mol. The van der Waals surface area contributed by atoms with Crippen LogP contribution in [0.5, 0.6) is 5.75 Å². The van der Waals surface area contributed by atoms with Gasteiger partial charge in [-0.15, -0.1) is 0 Å². The molecule has 0 aromatic heterocycles. The highest BCUT2D eigenvalue weighted by Gasteiger charge is 2.21. The van der Waals surface area contributed by atoms with Crippen LogP contribution in [0, 0.1) is 5.92 Å². The van der Waals surface area contributed by atoms with Gasteiger partial charge < -0.3 is 15.0 Å². The van der Waals surface area contributed by atoms with Gasteiger partial charge in [0.2, 0.25) is 0 Å². The summed E-state index contributed by atoms with van der Waals surface area (Å²) in [7, 11) is 0. The van der Waals surface area contributed by atoms with Crippen molar-refractivity contribution in [3.63, 3.8) is 0 Å². The van der Waals surface area contributed by atoms with Gasteiger partial charge >= 0.3 is 0 Å². The van der Waals surface area contributed by atoms with Crippen LogP contribution in [0.1, 0.15) is 12.8 Å². The van der Waals surface area contributed by atoms with E-state index in [0.29, 0.717) is 0 Å². The molecule has 0 bridgehead atoms. The van der Waals surface area contributed by atoms with Crippen LogP contribution in [0.2, 0.25) is 0 Å². The summed E-state index contributed by atoms with van der Waals surface area (Å²) in [5, 5.41) is 3.43. The van der Waals surface area contributed by atoms with Crippen molar-refractivity contribution >= 4 is 5.69 Å². The second-order valence-corrected chi connectivity index (χ2v) is 4.96. The zero-order chi connectivity index (χ0) is 11.5. The molecule has 0 aliphatic carbocycles. The van der Waals surface area contributed by atoms with Crippen molar-refractivity contribution < 1.29 is 4.74 Å². The summed E-state index contributed by atoms with van der Waals surface area (Å²) in [5.41, 5.74) is 1.28. The molecule has 2 heterocycles. The smallest absolute Gasteiger partial charge is 0.142 e. The lowest BCUT2D eigenvalue weighted by Crippen LogP contribution is -2.39. The van der Waals surface area contributed by atoms with E-state index in [1.807, 2.05) is 6.07 Å². The minimum atomic E-state index is 0.821. The standard InChI is InChI=1S/C14H20N2O/c1-2-4-14-13(3-1)16(9-10-17-14)11-12-5-7-15-8-6-12/h1-4,12,15H,5-11H2. The second kappa shape index (κ2) is 4.96. The van der Waals surface area contributed by atoms with Crippen LogP contribution in [0.3, 0.4) is 0 Å². The van der Waals surface area contributed by atoms with E-state index < -0.39 is 0 Å². The van der Waals surface area contributed by atoms with Crippen LogP contribution < -0.4 is 15.0 Å². The van der Waals surface area contributed by atoms with Gasteiger partial charge in [0.25, 0.3) is 0 Å². The number of benzene rings is 1. The average Bonchev–Trinajstić information content (AvgIpc) is 2.40. The third kappa shape index (κ3) is 2.39. The average molecular weight is 232 g/mol. The molecule has 0 radical (unpaired) electrons. The van der Waals surface area contributed by atoms with Crippen LogP contribution in [-0.2, 0) is 0 Å². The largest absolute Gasteiger partial charge is 0.490 e. The van der Waals surface area contributed by atoms with Gasteiger partial charge in [-0.3, -0.25) is 0 Å². The number of nitrogens with zero attached hydrogens (tertiary/aromatic N) is 1. The van der Waals surface area contributed by atoms with Crippen molar-refractivity contribution in [2.24, 2.45) is 5.92 Å². The lowest BCUT2D eigenvalue weighted by molar-refractivity contribution is 0.295. The maximum atomic E-state index is 5.69. The molecule has 1 aromatic carbocycles. The monoisotopic (exact) mass is 232 g/mol. The molecular weight excluding hydrogens is 212 g/mol. The molecule has 0 unspecified atom stereocenters. The normalized spacial score (nSPS) is 20.8. The quantitative estimate of drug-likeness (QED) is 0.842. The first-order chi connectivity index (χ1) is 8.43. The Kier molecular flexibility index (Phi) is 3.18. The number of ether oxygens (including phenoxy) is 1. The molecule has 2 aliphatic heterocycles. The fourth-order valence-corrected chi connectivity index (χ4v) is 2.79. The minimum absolute atomic E-state index is 0.821. The zero-order valence-corrected chi connectivity index (χ0v) is 10.2. The molecule has 1 N–H and O–H groups in total. The summed E-state index contributed by atoms with van der Waals surface area (Å²) in [6.07, 6.45) is 2.61. The third-order valence-corrected chi connectivity index (χ3v) is 3.76. The van der Waals surface area contributed by atoms with Gasteiger partial charge in [-0.25, -0.2) is 0 Å². The minimum Gasteiger partial charge on any atom is -0.490 e. The number of nitrogens with one attached hydrogen (secondary N) is 1. The SMILES string of the molecule is c1ccc2c(c1)OCCN2CC1CCNCC1. The highest BCUT2D eigenvalue weighted by molar-refractivity contribution is 5.59. The number of anilines is 1. The van der Waals surface area contributed by atoms with Crippen LogP contribution >= 0.6 is 0 Å². The fourth-order valence-electron chi connectivity index (χ4n) is 2.79. The Morgan fingerprint density at radius 2 is 2.06 bits per heavy atom. The molecule has 3 rings (SSSR count). The van der Waals surface area contributed by atoms with Gasteiger partial charge in [0.1, 0.15) is 12.4 Å². The predicted octanol–water partition coefficient (Wildman–Crippen LogP) is 1.88. The van der Waals surface area contributed by atoms with Crippen LogP contribution in [0.4, 0.5) is 5.69 Å². The number of hydrogen-bond donors (Lipinski definition) is 1. The zero-order valence-electron chi connectivity index (χ0n) is 10.2. The molecular formula is C14H20N2O. The Morgan fingerprint density at radius 3 is 2.94 bits per heavy atom. The highest BCUT2D eigenvalue weighted by atomic mass is 16.5. The number of piperidine rings is 1. The van der Waals surface area contributed by atoms with Gasteiger partial charge in [-0.05, 0) is 44.0 Å². The molecule has 2 aliphatic rings. The van der Waals surface area contributed by atoms with Gasteiger partial charge in [-0.2, -0.15) is 0 Å². The van der Waals surface area contributed by atoms with E-state index >= 15 is 0 Å². The van der Waals surface area contributed by atoms with Crippen LogP contribution in [0.15, 0.2) is 24.3 Å². The molecule has 0 amide bonds. The second-order valence-electron chi connectivity index (χ2n) is 4.96. The first kappa shape index (κ1) is 10.9. The van der Waals surface area contributed by atoms with E-state index in [-0.39, 0.29) is 0 Å². The maximum Gasteiger partial charge on any atom is 0.142 e. The lowest BCUT2D eigenvalue weighted by Gasteiger charge is -2.35. The van der Waals surface area contributed by atoms with E-state index in [4.69, 9.17) is 4.74 Å².